The minimum absolute atomic E-state index is 0.0870. The van der Waals surface area contributed by atoms with Crippen molar-refractivity contribution in [3.8, 4) is 0 Å². The number of rotatable bonds is 2. The predicted molar refractivity (Wildman–Crippen MR) is 68.9 cm³/mol. The molecule has 0 aliphatic heterocycles. The molecule has 1 aliphatic carbocycles. The highest BCUT2D eigenvalue weighted by molar-refractivity contribution is 6.01. The Morgan fingerprint density at radius 1 is 1.16 bits per heavy atom. The molecule has 7 nitrogen and oxygen atoms in total. The zero-order valence-electron chi connectivity index (χ0n) is 10.4. The molecule has 0 spiro atoms. The van der Waals surface area contributed by atoms with Crippen molar-refractivity contribution in [2.24, 2.45) is 5.73 Å². The smallest absolute Gasteiger partial charge is 0.325 e. The fourth-order valence-corrected chi connectivity index (χ4v) is 2.66. The van der Waals surface area contributed by atoms with Gasteiger partial charge in [-0.05, 0) is 12.8 Å². The van der Waals surface area contributed by atoms with E-state index in [0.717, 1.165) is 25.7 Å². The molecule has 2 aromatic heterocycles. The number of amides is 1. The molecule has 2 heterocycles. The van der Waals surface area contributed by atoms with Crippen LogP contribution < -0.4 is 11.4 Å². The minimum atomic E-state index is -0.653. The molecule has 0 saturated heterocycles. The van der Waals surface area contributed by atoms with E-state index < -0.39 is 11.6 Å². The number of nitrogens with one attached hydrogen (secondary N) is 2. The molecule has 19 heavy (non-hydrogen) atoms. The molecule has 0 bridgehead atoms. The predicted octanol–water partition coefficient (Wildman–Crippen LogP) is 0.793. The standard InChI is InChI=1S/C12H15N5O2/c13-9(18)7-8-11(17-12(19)15-8)16-10(14-7)6-4-2-1-3-5-6/h6H,1-5H2,(H2,13,18)(H2,14,15,16,17,19). The average molecular weight is 261 g/mol. The number of hydrogen-bond acceptors (Lipinski definition) is 4. The van der Waals surface area contributed by atoms with Crippen LogP contribution in [0.4, 0.5) is 0 Å². The van der Waals surface area contributed by atoms with Gasteiger partial charge in [0.2, 0.25) is 0 Å². The number of aromatic amines is 2. The average Bonchev–Trinajstić information content (AvgIpc) is 2.78. The number of H-pyrrole nitrogens is 2. The second-order valence-corrected chi connectivity index (χ2v) is 4.93. The van der Waals surface area contributed by atoms with E-state index in [1.807, 2.05) is 0 Å². The summed E-state index contributed by atoms with van der Waals surface area (Å²) >= 11 is 0. The third-order valence-electron chi connectivity index (χ3n) is 3.60. The van der Waals surface area contributed by atoms with Crippen LogP contribution in [0.5, 0.6) is 0 Å². The molecule has 2 aromatic rings. The van der Waals surface area contributed by atoms with Crippen LogP contribution in [0.3, 0.4) is 0 Å². The number of primary amides is 1. The molecule has 4 N–H and O–H groups in total. The van der Waals surface area contributed by atoms with Crippen LogP contribution in [-0.4, -0.2) is 25.8 Å². The van der Waals surface area contributed by atoms with Crippen molar-refractivity contribution in [3.63, 3.8) is 0 Å². The first-order valence-electron chi connectivity index (χ1n) is 6.45. The number of fused-ring (bicyclic) bond motifs is 1. The van der Waals surface area contributed by atoms with Gasteiger partial charge in [-0.3, -0.25) is 9.78 Å². The third kappa shape index (κ3) is 2.11. The maximum atomic E-state index is 11.5. The third-order valence-corrected chi connectivity index (χ3v) is 3.60. The zero-order chi connectivity index (χ0) is 13.4. The molecule has 1 amide bonds. The summed E-state index contributed by atoms with van der Waals surface area (Å²) in [7, 11) is 0. The van der Waals surface area contributed by atoms with E-state index in [1.165, 1.54) is 6.42 Å². The number of carbonyl (C=O) groups excluding carboxylic acids is 1. The van der Waals surface area contributed by atoms with Gasteiger partial charge in [0, 0.05) is 5.92 Å². The summed E-state index contributed by atoms with van der Waals surface area (Å²) in [6.07, 6.45) is 5.53. The molecule has 100 valence electrons. The van der Waals surface area contributed by atoms with Gasteiger partial charge in [-0.2, -0.15) is 0 Å². The Morgan fingerprint density at radius 2 is 1.89 bits per heavy atom. The summed E-state index contributed by atoms with van der Waals surface area (Å²) in [5, 5.41) is 0. The summed E-state index contributed by atoms with van der Waals surface area (Å²) in [5.74, 6) is 0.200. The van der Waals surface area contributed by atoms with Gasteiger partial charge in [-0.15, -0.1) is 0 Å². The monoisotopic (exact) mass is 261 g/mol. The molecular weight excluding hydrogens is 246 g/mol. The molecule has 0 aromatic carbocycles. The van der Waals surface area contributed by atoms with Gasteiger partial charge in [-0.25, -0.2) is 14.8 Å². The number of carbonyl (C=O) groups is 1. The molecule has 0 radical (unpaired) electrons. The van der Waals surface area contributed by atoms with Crippen LogP contribution in [0.15, 0.2) is 4.79 Å². The van der Waals surface area contributed by atoms with Crippen molar-refractivity contribution >= 4 is 17.1 Å². The maximum Gasteiger partial charge on any atom is 0.325 e. The summed E-state index contributed by atoms with van der Waals surface area (Å²) in [5.41, 5.74) is 5.64. The number of aromatic nitrogens is 4. The van der Waals surface area contributed by atoms with Gasteiger partial charge in [0.15, 0.2) is 11.3 Å². The lowest BCUT2D eigenvalue weighted by molar-refractivity contribution is 0.0996. The normalized spacial score (nSPS) is 16.8. The lowest BCUT2D eigenvalue weighted by Crippen LogP contribution is -2.18. The van der Waals surface area contributed by atoms with E-state index in [0.29, 0.717) is 11.5 Å². The molecule has 1 fully saturated rings. The Bertz CT molecular complexity index is 681. The second-order valence-electron chi connectivity index (χ2n) is 4.93. The SMILES string of the molecule is NC(=O)c1nc(C2CCCCC2)nc2[nH]c(=O)[nH]c12. The first-order valence-corrected chi connectivity index (χ1v) is 6.45. The number of imidazole rings is 1. The van der Waals surface area contributed by atoms with Crippen LogP contribution in [0, 0.1) is 0 Å². The lowest BCUT2D eigenvalue weighted by atomic mass is 9.88. The Hall–Kier alpha value is -2.18. The van der Waals surface area contributed by atoms with Crippen molar-refractivity contribution in [1.29, 1.82) is 0 Å². The van der Waals surface area contributed by atoms with Crippen molar-refractivity contribution in [2.75, 3.05) is 0 Å². The topological polar surface area (TPSA) is 118 Å². The quantitative estimate of drug-likeness (QED) is 0.740. The van der Waals surface area contributed by atoms with Gasteiger partial charge < -0.3 is 10.7 Å². The molecule has 0 atom stereocenters. The molecular formula is C12H15N5O2. The highest BCUT2D eigenvalue weighted by atomic mass is 16.1. The Labute approximate surface area is 108 Å². The van der Waals surface area contributed by atoms with Crippen molar-refractivity contribution in [3.05, 3.63) is 22.0 Å². The Balaban J connectivity index is 2.15. The fraction of sp³-hybridized carbons (Fsp3) is 0.500. The van der Waals surface area contributed by atoms with Crippen LogP contribution in [0.25, 0.3) is 11.2 Å². The largest absolute Gasteiger partial charge is 0.364 e. The van der Waals surface area contributed by atoms with E-state index in [9.17, 15) is 9.59 Å². The first-order chi connectivity index (χ1) is 9.15. The zero-order valence-corrected chi connectivity index (χ0v) is 10.4. The van der Waals surface area contributed by atoms with Crippen LogP contribution >= 0.6 is 0 Å². The summed E-state index contributed by atoms with van der Waals surface area (Å²) in [4.78, 5) is 36.5. The van der Waals surface area contributed by atoms with Gasteiger partial charge in [0.05, 0.1) is 0 Å². The van der Waals surface area contributed by atoms with Gasteiger partial charge in [0.1, 0.15) is 11.3 Å². The van der Waals surface area contributed by atoms with E-state index >= 15 is 0 Å². The molecule has 7 heteroatoms. The van der Waals surface area contributed by atoms with E-state index in [-0.39, 0.29) is 17.1 Å². The van der Waals surface area contributed by atoms with E-state index in [1.54, 1.807) is 0 Å². The van der Waals surface area contributed by atoms with Gasteiger partial charge in [0.25, 0.3) is 5.91 Å². The maximum absolute atomic E-state index is 11.5. The second kappa shape index (κ2) is 4.49. The Kier molecular flexibility index (Phi) is 2.81. The Morgan fingerprint density at radius 3 is 2.58 bits per heavy atom. The summed E-state index contributed by atoms with van der Waals surface area (Å²) < 4.78 is 0. The van der Waals surface area contributed by atoms with Crippen LogP contribution in [-0.2, 0) is 0 Å². The first kappa shape index (κ1) is 11.9. The van der Waals surface area contributed by atoms with E-state index in [4.69, 9.17) is 5.73 Å². The molecule has 1 saturated carbocycles. The highest BCUT2D eigenvalue weighted by Crippen LogP contribution is 2.31. The summed E-state index contributed by atoms with van der Waals surface area (Å²) in [6.45, 7) is 0. The van der Waals surface area contributed by atoms with Gasteiger partial charge in [-0.1, -0.05) is 19.3 Å². The number of nitrogens with two attached hydrogens (primary N) is 1. The fourth-order valence-electron chi connectivity index (χ4n) is 2.66. The highest BCUT2D eigenvalue weighted by Gasteiger charge is 2.22. The lowest BCUT2D eigenvalue weighted by Gasteiger charge is -2.20. The van der Waals surface area contributed by atoms with Crippen molar-refractivity contribution < 1.29 is 4.79 Å². The van der Waals surface area contributed by atoms with Crippen molar-refractivity contribution in [2.45, 2.75) is 38.0 Å². The molecule has 1 aliphatic rings. The van der Waals surface area contributed by atoms with Crippen molar-refractivity contribution in [1.82, 2.24) is 19.9 Å². The minimum Gasteiger partial charge on any atom is -0.364 e. The van der Waals surface area contributed by atoms with E-state index in [2.05, 4.69) is 19.9 Å². The summed E-state index contributed by atoms with van der Waals surface area (Å²) in [6, 6.07) is 0. The molecule has 0 unspecified atom stereocenters. The van der Waals surface area contributed by atoms with Gasteiger partial charge >= 0.3 is 5.69 Å². The molecule has 3 rings (SSSR count). The number of nitrogens with zero attached hydrogens (tertiary/aromatic N) is 2. The van der Waals surface area contributed by atoms with Crippen LogP contribution in [0.1, 0.15) is 54.3 Å². The van der Waals surface area contributed by atoms with Crippen LogP contribution in [0.2, 0.25) is 0 Å². The number of hydrogen-bond donors (Lipinski definition) is 3.